The normalized spacial score (nSPS) is 12.2. The summed E-state index contributed by atoms with van der Waals surface area (Å²) < 4.78 is 0. The van der Waals surface area contributed by atoms with Gasteiger partial charge in [-0.3, -0.25) is 0 Å². The topological polar surface area (TPSA) is 20.2 Å². The number of benzene rings is 1. The Balaban J connectivity index is 3.52. The lowest BCUT2D eigenvalue weighted by atomic mass is 9.77. The van der Waals surface area contributed by atoms with Gasteiger partial charge in [-0.25, -0.2) is 0 Å². The van der Waals surface area contributed by atoms with Gasteiger partial charge in [0.15, 0.2) is 0 Å². The maximum atomic E-state index is 9.76. The molecule has 0 atom stereocenters. The van der Waals surface area contributed by atoms with E-state index < -0.39 is 0 Å². The molecule has 0 aliphatic heterocycles. The molecule has 0 aliphatic carbocycles. The fraction of sp³-hybridized carbons (Fsp3) is 0.600. The van der Waals surface area contributed by atoms with Crippen LogP contribution in [0.1, 0.15) is 64.2 Å². The zero-order valence-corrected chi connectivity index (χ0v) is 11.4. The molecule has 1 N–H and O–H groups in total. The number of phenolic OH excluding ortho intramolecular Hbond substituents is 1. The Bertz CT molecular complexity index is 370. The van der Waals surface area contributed by atoms with Crippen molar-refractivity contribution in [3.63, 3.8) is 0 Å². The van der Waals surface area contributed by atoms with E-state index in [9.17, 15) is 5.11 Å². The van der Waals surface area contributed by atoms with E-state index in [0.29, 0.717) is 11.7 Å². The van der Waals surface area contributed by atoms with Gasteiger partial charge in [0.1, 0.15) is 5.75 Å². The number of aromatic hydroxyl groups is 1. The molecule has 1 aromatic carbocycles. The van der Waals surface area contributed by atoms with Crippen molar-refractivity contribution in [3.8, 4) is 5.75 Å². The van der Waals surface area contributed by atoms with Crippen molar-refractivity contribution >= 4 is 0 Å². The number of aryl methyl sites for hydroxylation is 1. The van der Waals surface area contributed by atoms with Crippen LogP contribution in [0.4, 0.5) is 0 Å². The highest BCUT2D eigenvalue weighted by atomic mass is 16.3. The van der Waals surface area contributed by atoms with Gasteiger partial charge in [-0.15, -0.1) is 0 Å². The van der Waals surface area contributed by atoms with E-state index in [1.54, 1.807) is 0 Å². The van der Waals surface area contributed by atoms with E-state index in [2.05, 4.69) is 41.5 Å². The predicted octanol–water partition coefficient (Wildman–Crippen LogP) is 4.38. The van der Waals surface area contributed by atoms with E-state index in [1.807, 2.05) is 12.1 Å². The molecular formula is C15H24O. The monoisotopic (exact) mass is 220 g/mol. The van der Waals surface area contributed by atoms with Crippen LogP contribution in [0.15, 0.2) is 12.1 Å². The minimum atomic E-state index is 0.138. The third kappa shape index (κ3) is 2.58. The molecular weight excluding hydrogens is 196 g/mol. The third-order valence-corrected chi connectivity index (χ3v) is 2.99. The average Bonchev–Trinajstić information content (AvgIpc) is 2.14. The zero-order valence-electron chi connectivity index (χ0n) is 11.4. The van der Waals surface area contributed by atoms with Crippen LogP contribution in [0, 0.1) is 0 Å². The molecule has 0 saturated carbocycles. The minimum Gasteiger partial charge on any atom is -0.508 e. The predicted molar refractivity (Wildman–Crippen MR) is 70.3 cm³/mol. The number of phenols is 1. The van der Waals surface area contributed by atoms with Crippen molar-refractivity contribution in [2.75, 3.05) is 0 Å². The smallest absolute Gasteiger partial charge is 0.116 e. The number of hydrogen-bond donors (Lipinski definition) is 1. The molecule has 1 rings (SSSR count). The molecule has 0 radical (unpaired) electrons. The largest absolute Gasteiger partial charge is 0.508 e. The van der Waals surface area contributed by atoms with Crippen LogP contribution in [0.3, 0.4) is 0 Å². The Morgan fingerprint density at radius 2 is 1.75 bits per heavy atom. The molecule has 1 nitrogen and oxygen atoms in total. The molecule has 0 amide bonds. The van der Waals surface area contributed by atoms with Crippen LogP contribution < -0.4 is 0 Å². The molecule has 0 aromatic heterocycles. The lowest BCUT2D eigenvalue weighted by Crippen LogP contribution is -2.17. The van der Waals surface area contributed by atoms with Crippen LogP contribution in [0.5, 0.6) is 5.75 Å². The van der Waals surface area contributed by atoms with Crippen LogP contribution in [0.25, 0.3) is 0 Å². The summed E-state index contributed by atoms with van der Waals surface area (Å²) in [5.41, 5.74) is 4.10. The lowest BCUT2D eigenvalue weighted by Gasteiger charge is -2.28. The second kappa shape index (κ2) is 4.48. The van der Waals surface area contributed by atoms with Crippen molar-refractivity contribution in [2.45, 2.75) is 59.3 Å². The lowest BCUT2D eigenvalue weighted by molar-refractivity contribution is 0.470. The van der Waals surface area contributed by atoms with Gasteiger partial charge in [-0.1, -0.05) is 41.5 Å². The highest BCUT2D eigenvalue weighted by Gasteiger charge is 2.23. The summed E-state index contributed by atoms with van der Waals surface area (Å²) in [7, 11) is 0. The Morgan fingerprint density at radius 1 is 1.19 bits per heavy atom. The van der Waals surface area contributed by atoms with Gasteiger partial charge in [0.05, 0.1) is 0 Å². The molecule has 0 saturated heterocycles. The van der Waals surface area contributed by atoms with Crippen molar-refractivity contribution in [3.05, 3.63) is 28.8 Å². The highest BCUT2D eigenvalue weighted by Crippen LogP contribution is 2.36. The van der Waals surface area contributed by atoms with Gasteiger partial charge in [0.2, 0.25) is 0 Å². The van der Waals surface area contributed by atoms with Crippen LogP contribution in [0.2, 0.25) is 0 Å². The maximum absolute atomic E-state index is 9.76. The quantitative estimate of drug-likeness (QED) is 0.784. The molecule has 0 unspecified atom stereocenters. The summed E-state index contributed by atoms with van der Waals surface area (Å²) >= 11 is 0. The van der Waals surface area contributed by atoms with Crippen molar-refractivity contribution in [1.29, 1.82) is 0 Å². The Labute approximate surface area is 99.5 Å². The summed E-state index contributed by atoms with van der Waals surface area (Å²) in [6.07, 6.45) is 0.973. The fourth-order valence-corrected chi connectivity index (χ4v) is 2.36. The van der Waals surface area contributed by atoms with Gasteiger partial charge < -0.3 is 5.11 Å². The van der Waals surface area contributed by atoms with Crippen molar-refractivity contribution < 1.29 is 5.11 Å². The average molecular weight is 220 g/mol. The van der Waals surface area contributed by atoms with E-state index >= 15 is 0 Å². The molecule has 1 heteroatoms. The van der Waals surface area contributed by atoms with Crippen LogP contribution >= 0.6 is 0 Å². The van der Waals surface area contributed by atoms with E-state index in [1.165, 1.54) is 16.7 Å². The summed E-state index contributed by atoms with van der Waals surface area (Å²) in [6, 6.07) is 3.83. The van der Waals surface area contributed by atoms with E-state index in [4.69, 9.17) is 0 Å². The Kier molecular flexibility index (Phi) is 3.67. The fourth-order valence-electron chi connectivity index (χ4n) is 2.36. The molecule has 0 fully saturated rings. The van der Waals surface area contributed by atoms with Crippen LogP contribution in [-0.2, 0) is 11.8 Å². The Morgan fingerprint density at radius 3 is 2.12 bits per heavy atom. The molecule has 0 bridgehead atoms. The molecule has 0 aliphatic rings. The third-order valence-electron chi connectivity index (χ3n) is 2.99. The highest BCUT2D eigenvalue weighted by molar-refractivity contribution is 5.46. The second-order valence-electron chi connectivity index (χ2n) is 5.83. The van der Waals surface area contributed by atoms with Gasteiger partial charge in [-0.2, -0.15) is 0 Å². The summed E-state index contributed by atoms with van der Waals surface area (Å²) in [6.45, 7) is 13.2. The molecule has 1 aromatic rings. The number of rotatable bonds is 2. The summed E-state index contributed by atoms with van der Waals surface area (Å²) in [5, 5.41) is 9.76. The van der Waals surface area contributed by atoms with E-state index in [0.717, 1.165) is 6.42 Å². The van der Waals surface area contributed by atoms with Crippen molar-refractivity contribution in [1.82, 2.24) is 0 Å². The standard InChI is InChI=1S/C15H24O/c1-7-11-8-12(16)9-13(10(2)3)14(11)15(4,5)6/h8-10,16H,7H2,1-6H3. The zero-order chi connectivity index (χ0) is 12.5. The summed E-state index contributed by atoms with van der Waals surface area (Å²) in [5.74, 6) is 0.847. The first kappa shape index (κ1) is 13.1. The molecule has 0 heterocycles. The SMILES string of the molecule is CCc1cc(O)cc(C(C)C)c1C(C)(C)C. The van der Waals surface area contributed by atoms with E-state index in [-0.39, 0.29) is 5.41 Å². The maximum Gasteiger partial charge on any atom is 0.116 e. The molecule has 16 heavy (non-hydrogen) atoms. The molecule has 90 valence electrons. The van der Waals surface area contributed by atoms with Gasteiger partial charge in [-0.05, 0) is 46.6 Å². The van der Waals surface area contributed by atoms with Crippen molar-refractivity contribution in [2.24, 2.45) is 0 Å². The van der Waals surface area contributed by atoms with Crippen LogP contribution in [-0.4, -0.2) is 5.11 Å². The Hall–Kier alpha value is -0.980. The van der Waals surface area contributed by atoms with Gasteiger partial charge >= 0.3 is 0 Å². The minimum absolute atomic E-state index is 0.138. The molecule has 0 spiro atoms. The number of hydrogen-bond acceptors (Lipinski definition) is 1. The van der Waals surface area contributed by atoms with Gasteiger partial charge in [0.25, 0.3) is 0 Å². The second-order valence-corrected chi connectivity index (χ2v) is 5.83. The first-order valence-corrected chi connectivity index (χ1v) is 6.13. The first-order valence-electron chi connectivity index (χ1n) is 6.13. The first-order chi connectivity index (χ1) is 7.27. The summed E-state index contributed by atoms with van der Waals surface area (Å²) in [4.78, 5) is 0. The van der Waals surface area contributed by atoms with Gasteiger partial charge in [0, 0.05) is 0 Å².